The quantitative estimate of drug-likeness (QED) is 0.442. The van der Waals surface area contributed by atoms with Crippen LogP contribution in [0, 0.1) is 0 Å². The molecule has 1 N–H and O–H groups in total. The summed E-state index contributed by atoms with van der Waals surface area (Å²) in [6, 6.07) is 6.43. The maximum absolute atomic E-state index is 11.8. The Hall–Kier alpha value is -2.35. The van der Waals surface area contributed by atoms with Crippen molar-refractivity contribution in [2.75, 3.05) is 0 Å². The Morgan fingerprint density at radius 3 is 2.10 bits per heavy atom. The van der Waals surface area contributed by atoms with Crippen LogP contribution in [0.1, 0.15) is 38.1 Å². The zero-order valence-electron chi connectivity index (χ0n) is 13.5. The monoisotopic (exact) mass is 286 g/mol. The fourth-order valence-corrected chi connectivity index (χ4v) is 1.27. The first-order chi connectivity index (χ1) is 10.2. The third-order valence-electron chi connectivity index (χ3n) is 2.14. The van der Waals surface area contributed by atoms with E-state index in [-0.39, 0.29) is 17.1 Å². The summed E-state index contributed by atoms with van der Waals surface area (Å²) in [6.45, 7) is 15.2. The molecule has 0 saturated heterocycles. The zero-order valence-corrected chi connectivity index (χ0v) is 13.5. The molecule has 0 bridgehead atoms. The smallest absolute Gasteiger partial charge is 0.189 e. The summed E-state index contributed by atoms with van der Waals surface area (Å²) >= 11 is 0. The third kappa shape index (κ3) is 8.43. The molecule has 0 heterocycles. The minimum Gasteiger partial charge on any atom is -0.507 e. The van der Waals surface area contributed by atoms with Gasteiger partial charge in [-0.25, -0.2) is 0 Å². The second-order valence-electron chi connectivity index (χ2n) is 3.32. The van der Waals surface area contributed by atoms with Gasteiger partial charge >= 0.3 is 0 Å². The van der Waals surface area contributed by atoms with Crippen LogP contribution in [0.15, 0.2) is 73.4 Å². The number of carbonyl (C=O) groups excluding carboxylic acids is 1. The Bertz CT molecular complexity index is 494. The van der Waals surface area contributed by atoms with Gasteiger partial charge in [0.15, 0.2) is 5.78 Å². The number of phenols is 1. The van der Waals surface area contributed by atoms with Gasteiger partial charge in [0.05, 0.1) is 5.56 Å². The average Bonchev–Trinajstić information content (AvgIpc) is 2.55. The Balaban J connectivity index is 0. The molecule has 0 aromatic heterocycles. The van der Waals surface area contributed by atoms with Gasteiger partial charge in [-0.05, 0) is 23.8 Å². The molecule has 0 saturated carbocycles. The van der Waals surface area contributed by atoms with Gasteiger partial charge in [0.1, 0.15) is 5.75 Å². The average molecular weight is 286 g/mol. The molecule has 0 aliphatic heterocycles. The molecular weight excluding hydrogens is 260 g/mol. The lowest BCUT2D eigenvalue weighted by atomic mass is 10.1. The van der Waals surface area contributed by atoms with Gasteiger partial charge < -0.3 is 5.11 Å². The van der Waals surface area contributed by atoms with Gasteiger partial charge in [0, 0.05) is 0 Å². The van der Waals surface area contributed by atoms with Crippen LogP contribution in [0.25, 0.3) is 0 Å². The zero-order chi connectivity index (χ0) is 16.7. The van der Waals surface area contributed by atoms with Crippen molar-refractivity contribution >= 4 is 5.78 Å². The van der Waals surface area contributed by atoms with Crippen LogP contribution in [0.2, 0.25) is 0 Å². The van der Waals surface area contributed by atoms with E-state index >= 15 is 0 Å². The van der Waals surface area contributed by atoms with E-state index in [1.54, 1.807) is 42.5 Å². The van der Waals surface area contributed by atoms with Crippen LogP contribution in [-0.2, 0) is 0 Å². The van der Waals surface area contributed by atoms with E-state index in [9.17, 15) is 9.90 Å². The highest BCUT2D eigenvalue weighted by atomic mass is 16.3. The van der Waals surface area contributed by atoms with E-state index < -0.39 is 0 Å². The van der Waals surface area contributed by atoms with Crippen LogP contribution in [0.4, 0.5) is 0 Å². The van der Waals surface area contributed by atoms with Crippen molar-refractivity contribution < 1.29 is 9.90 Å². The summed E-state index contributed by atoms with van der Waals surface area (Å²) in [6.07, 6.45) is 8.00. The highest BCUT2D eigenvalue weighted by Crippen LogP contribution is 2.16. The first kappa shape index (κ1) is 21.0. The molecule has 2 heteroatoms. The van der Waals surface area contributed by atoms with Crippen molar-refractivity contribution in [2.24, 2.45) is 0 Å². The second-order valence-corrected chi connectivity index (χ2v) is 3.32. The standard InChI is InChI=1S/C15H14O2.2C2H6/c1-3-7-12(4-2)10-11-15(17)13-8-5-6-9-14(13)16;2*1-2/h3-11,16H,1-2H2;2*1-2H3/b11-10+,12-7+;;. The minimum absolute atomic E-state index is 0.0185. The topological polar surface area (TPSA) is 37.3 Å². The van der Waals surface area contributed by atoms with E-state index in [0.29, 0.717) is 0 Å². The molecule has 0 unspecified atom stereocenters. The highest BCUT2D eigenvalue weighted by Gasteiger charge is 2.05. The van der Waals surface area contributed by atoms with Crippen LogP contribution < -0.4 is 0 Å². The van der Waals surface area contributed by atoms with Crippen LogP contribution in [-0.4, -0.2) is 10.9 Å². The van der Waals surface area contributed by atoms with Crippen molar-refractivity contribution in [3.05, 3.63) is 78.9 Å². The number of para-hydroxylation sites is 1. The lowest BCUT2D eigenvalue weighted by molar-refractivity contribution is 0.104. The first-order valence-corrected chi connectivity index (χ1v) is 7.14. The van der Waals surface area contributed by atoms with Gasteiger partial charge in [-0.1, -0.05) is 77.3 Å². The van der Waals surface area contributed by atoms with Crippen LogP contribution in [0.5, 0.6) is 5.75 Å². The SMILES string of the molecule is C=C/C=C(C=C)/C=C/C(=O)c1ccccc1O.CC.CC. The molecule has 2 nitrogen and oxygen atoms in total. The van der Waals surface area contributed by atoms with E-state index in [1.165, 1.54) is 12.1 Å². The Labute approximate surface area is 128 Å². The largest absolute Gasteiger partial charge is 0.507 e. The summed E-state index contributed by atoms with van der Waals surface area (Å²) in [4.78, 5) is 11.8. The molecule has 1 aromatic carbocycles. The number of hydrogen-bond acceptors (Lipinski definition) is 2. The number of aromatic hydroxyl groups is 1. The number of carbonyl (C=O) groups is 1. The first-order valence-electron chi connectivity index (χ1n) is 7.14. The molecule has 0 aliphatic rings. The number of allylic oxidation sites excluding steroid dienone is 6. The molecule has 0 amide bonds. The van der Waals surface area contributed by atoms with E-state index in [4.69, 9.17) is 0 Å². The maximum Gasteiger partial charge on any atom is 0.189 e. The lowest BCUT2D eigenvalue weighted by Crippen LogP contribution is -1.94. The molecule has 0 spiro atoms. The molecule has 1 aromatic rings. The lowest BCUT2D eigenvalue weighted by Gasteiger charge is -1.98. The van der Waals surface area contributed by atoms with Gasteiger partial charge in [-0.3, -0.25) is 4.79 Å². The van der Waals surface area contributed by atoms with Crippen molar-refractivity contribution in [2.45, 2.75) is 27.7 Å². The molecule has 0 radical (unpaired) electrons. The highest BCUT2D eigenvalue weighted by molar-refractivity contribution is 6.06. The number of phenolic OH excluding ortho intramolecular Hbond substituents is 1. The summed E-state index contributed by atoms with van der Waals surface area (Å²) in [7, 11) is 0. The van der Waals surface area contributed by atoms with Crippen molar-refractivity contribution in [1.29, 1.82) is 0 Å². The Morgan fingerprint density at radius 1 is 1.05 bits per heavy atom. The molecule has 114 valence electrons. The molecule has 1 rings (SSSR count). The normalized spacial score (nSPS) is 9.81. The van der Waals surface area contributed by atoms with Gasteiger partial charge in [-0.2, -0.15) is 0 Å². The second kappa shape index (κ2) is 14.1. The molecule has 21 heavy (non-hydrogen) atoms. The predicted molar refractivity (Wildman–Crippen MR) is 92.8 cm³/mol. The van der Waals surface area contributed by atoms with E-state index in [1.807, 2.05) is 27.7 Å². The van der Waals surface area contributed by atoms with E-state index in [0.717, 1.165) is 5.57 Å². The molecule has 0 atom stereocenters. The number of benzene rings is 1. The summed E-state index contributed by atoms with van der Waals surface area (Å²) in [5.41, 5.74) is 1.06. The Morgan fingerprint density at radius 2 is 1.62 bits per heavy atom. The maximum atomic E-state index is 11.8. The van der Waals surface area contributed by atoms with E-state index in [2.05, 4.69) is 13.2 Å². The number of rotatable bonds is 5. The Kier molecular flexibility index (Phi) is 14.0. The van der Waals surface area contributed by atoms with Crippen LogP contribution in [0.3, 0.4) is 0 Å². The molecule has 0 fully saturated rings. The predicted octanol–water partition coefficient (Wildman–Crippen LogP) is 5.48. The summed E-state index contributed by atoms with van der Waals surface area (Å²) < 4.78 is 0. The van der Waals surface area contributed by atoms with Gasteiger partial charge in [0.2, 0.25) is 0 Å². The van der Waals surface area contributed by atoms with Crippen molar-refractivity contribution in [3.63, 3.8) is 0 Å². The summed E-state index contributed by atoms with van der Waals surface area (Å²) in [5, 5.41) is 9.50. The summed E-state index contributed by atoms with van der Waals surface area (Å²) in [5.74, 6) is -0.269. The number of hydrogen-bond donors (Lipinski definition) is 1. The molecule has 0 aliphatic carbocycles. The third-order valence-corrected chi connectivity index (χ3v) is 2.14. The van der Waals surface area contributed by atoms with Crippen LogP contribution >= 0.6 is 0 Å². The van der Waals surface area contributed by atoms with Crippen molar-refractivity contribution in [1.82, 2.24) is 0 Å². The molecular formula is C19H26O2. The van der Waals surface area contributed by atoms with Gasteiger partial charge in [-0.15, -0.1) is 0 Å². The fraction of sp³-hybridized carbons (Fsp3) is 0.211. The van der Waals surface area contributed by atoms with Gasteiger partial charge in [0.25, 0.3) is 0 Å². The van der Waals surface area contributed by atoms with Crippen molar-refractivity contribution in [3.8, 4) is 5.75 Å². The fourth-order valence-electron chi connectivity index (χ4n) is 1.27. The minimum atomic E-state index is -0.250. The number of ketones is 1.